The summed E-state index contributed by atoms with van der Waals surface area (Å²) < 4.78 is 16.0. The van der Waals surface area contributed by atoms with Crippen LogP contribution < -0.4 is 0 Å². The monoisotopic (exact) mass is 450 g/mol. The van der Waals surface area contributed by atoms with Gasteiger partial charge in [-0.2, -0.15) is 0 Å². The lowest BCUT2D eigenvalue weighted by Gasteiger charge is -2.18. The molecular formula is C19H15ClN2O9. The van der Waals surface area contributed by atoms with Gasteiger partial charge in [0.05, 0.1) is 21.0 Å². The van der Waals surface area contributed by atoms with Crippen molar-refractivity contribution in [3.05, 3.63) is 79.9 Å². The highest BCUT2D eigenvalue weighted by Crippen LogP contribution is 2.27. The van der Waals surface area contributed by atoms with Crippen LogP contribution in [0.3, 0.4) is 0 Å². The van der Waals surface area contributed by atoms with Crippen LogP contribution in [0.15, 0.2) is 48.5 Å². The lowest BCUT2D eigenvalue weighted by Crippen LogP contribution is -2.32. The number of halogens is 1. The number of benzene rings is 2. The Balaban J connectivity index is 1.59. The van der Waals surface area contributed by atoms with Gasteiger partial charge >= 0.3 is 11.9 Å². The topological polar surface area (TPSA) is 148 Å². The van der Waals surface area contributed by atoms with E-state index in [1.165, 1.54) is 48.5 Å². The van der Waals surface area contributed by atoms with E-state index in [1.54, 1.807) is 0 Å². The van der Waals surface area contributed by atoms with E-state index in [0.29, 0.717) is 0 Å². The Morgan fingerprint density at radius 3 is 1.90 bits per heavy atom. The van der Waals surface area contributed by atoms with Crippen molar-refractivity contribution in [2.24, 2.45) is 0 Å². The smallest absolute Gasteiger partial charge is 0.338 e. The van der Waals surface area contributed by atoms with Crippen LogP contribution in [0.4, 0.5) is 11.4 Å². The fraction of sp³-hybridized carbons (Fsp3) is 0.263. The summed E-state index contributed by atoms with van der Waals surface area (Å²) in [7, 11) is 0. The molecule has 0 amide bonds. The first kappa shape index (κ1) is 22.1. The van der Waals surface area contributed by atoms with Gasteiger partial charge < -0.3 is 14.2 Å². The number of hydrogen-bond donors (Lipinski definition) is 0. The minimum absolute atomic E-state index is 0.102. The number of carbonyl (C=O) groups excluding carboxylic acids is 2. The van der Waals surface area contributed by atoms with Gasteiger partial charge in [0.2, 0.25) is 0 Å². The second kappa shape index (κ2) is 9.49. The minimum Gasteiger partial charge on any atom is -0.459 e. The van der Waals surface area contributed by atoms with Gasteiger partial charge in [-0.15, -0.1) is 0 Å². The zero-order valence-corrected chi connectivity index (χ0v) is 16.5. The number of ether oxygens (including phenoxy) is 3. The maximum atomic E-state index is 12.3. The quantitative estimate of drug-likeness (QED) is 0.268. The van der Waals surface area contributed by atoms with Crippen LogP contribution in [0, 0.1) is 20.2 Å². The summed E-state index contributed by atoms with van der Waals surface area (Å²) in [5.74, 6) is -1.47. The zero-order chi connectivity index (χ0) is 22.5. The third-order valence-corrected chi connectivity index (χ3v) is 4.70. The molecule has 31 heavy (non-hydrogen) atoms. The molecule has 1 fully saturated rings. The van der Waals surface area contributed by atoms with Crippen molar-refractivity contribution in [1.29, 1.82) is 0 Å². The zero-order valence-electron chi connectivity index (χ0n) is 15.7. The Morgan fingerprint density at radius 2 is 1.42 bits per heavy atom. The van der Waals surface area contributed by atoms with Crippen molar-refractivity contribution in [3.8, 4) is 0 Å². The molecule has 0 N–H and O–H groups in total. The van der Waals surface area contributed by atoms with E-state index in [-0.39, 0.29) is 35.5 Å². The van der Waals surface area contributed by atoms with E-state index in [1.807, 2.05) is 0 Å². The molecule has 0 radical (unpaired) electrons. The normalized spacial score (nSPS) is 20.1. The van der Waals surface area contributed by atoms with Crippen LogP contribution in [0.5, 0.6) is 0 Å². The molecule has 1 saturated heterocycles. The van der Waals surface area contributed by atoms with Gasteiger partial charge in [0.25, 0.3) is 11.4 Å². The van der Waals surface area contributed by atoms with Crippen molar-refractivity contribution < 1.29 is 33.6 Å². The Morgan fingerprint density at radius 1 is 0.935 bits per heavy atom. The van der Waals surface area contributed by atoms with Crippen LogP contribution >= 0.6 is 11.6 Å². The third kappa shape index (κ3) is 5.53. The maximum absolute atomic E-state index is 12.3. The van der Waals surface area contributed by atoms with Gasteiger partial charge in [-0.3, -0.25) is 20.2 Å². The van der Waals surface area contributed by atoms with Gasteiger partial charge in [0.1, 0.15) is 24.4 Å². The van der Waals surface area contributed by atoms with Crippen LogP contribution in [0.25, 0.3) is 0 Å². The summed E-state index contributed by atoms with van der Waals surface area (Å²) in [6, 6.07) is 9.73. The lowest BCUT2D eigenvalue weighted by molar-refractivity contribution is -0.385. The molecule has 2 aromatic rings. The molecule has 0 saturated carbocycles. The molecule has 11 nitrogen and oxygen atoms in total. The number of nitrogens with zero attached hydrogens (tertiary/aromatic N) is 2. The van der Waals surface area contributed by atoms with Crippen molar-refractivity contribution >= 4 is 34.9 Å². The van der Waals surface area contributed by atoms with Gasteiger partial charge in [-0.05, 0) is 24.3 Å². The van der Waals surface area contributed by atoms with E-state index < -0.39 is 39.6 Å². The Bertz CT molecular complexity index is 994. The van der Waals surface area contributed by atoms with Crippen LogP contribution in [-0.4, -0.2) is 46.2 Å². The van der Waals surface area contributed by atoms with Gasteiger partial charge in [0, 0.05) is 30.7 Å². The highest BCUT2D eigenvalue weighted by molar-refractivity contribution is 6.19. The van der Waals surface area contributed by atoms with Gasteiger partial charge in [-0.1, -0.05) is 11.6 Å². The fourth-order valence-corrected chi connectivity index (χ4v) is 3.13. The SMILES string of the molecule is O=C(OC[C@H]1O[C@H](Cl)C[C@@H]1OC(=O)c1ccc([N+](=O)[O-])cc1)c1ccc([N+](=O)[O-])cc1. The minimum atomic E-state index is -0.827. The lowest BCUT2D eigenvalue weighted by atomic mass is 10.1. The van der Waals surface area contributed by atoms with Crippen molar-refractivity contribution in [2.45, 2.75) is 24.2 Å². The molecule has 0 unspecified atom stereocenters. The number of nitro benzene ring substituents is 2. The first-order chi connectivity index (χ1) is 14.7. The molecule has 1 aliphatic rings. The summed E-state index contributed by atoms with van der Waals surface area (Å²) in [5.41, 5.74) is -0.898. The number of esters is 2. The summed E-state index contributed by atoms with van der Waals surface area (Å²) in [6.45, 7) is -0.267. The van der Waals surface area contributed by atoms with Crippen molar-refractivity contribution in [2.75, 3.05) is 6.61 Å². The number of rotatable bonds is 7. The predicted molar refractivity (Wildman–Crippen MR) is 105 cm³/mol. The molecule has 3 rings (SSSR count). The molecule has 0 spiro atoms. The number of non-ortho nitro benzene ring substituents is 2. The Hall–Kier alpha value is -3.57. The van der Waals surface area contributed by atoms with E-state index in [9.17, 15) is 29.8 Å². The largest absolute Gasteiger partial charge is 0.459 e. The molecule has 3 atom stereocenters. The number of alkyl halides is 1. The van der Waals surface area contributed by atoms with Crippen molar-refractivity contribution in [3.63, 3.8) is 0 Å². The van der Waals surface area contributed by atoms with Crippen LogP contribution in [-0.2, 0) is 14.2 Å². The predicted octanol–water partition coefficient (Wildman–Crippen LogP) is 3.24. The Labute approximate surface area is 179 Å². The highest BCUT2D eigenvalue weighted by Gasteiger charge is 2.38. The standard InChI is InChI=1S/C19H15ClN2O9/c20-17-9-15(31-19(24)12-3-7-14(8-4-12)22(27)28)16(30-17)10-29-18(23)11-1-5-13(6-2-11)21(25)26/h1-8,15-17H,9-10H2/t15-,16+,17-/m0/s1. The first-order valence-corrected chi connectivity index (χ1v) is 9.35. The maximum Gasteiger partial charge on any atom is 0.338 e. The molecule has 162 valence electrons. The first-order valence-electron chi connectivity index (χ1n) is 8.91. The summed E-state index contributed by atoms with van der Waals surface area (Å²) in [4.78, 5) is 44.7. The molecule has 1 aliphatic heterocycles. The second-order valence-electron chi connectivity index (χ2n) is 6.47. The summed E-state index contributed by atoms with van der Waals surface area (Å²) in [6.07, 6.45) is -1.48. The third-order valence-electron chi connectivity index (χ3n) is 4.42. The van der Waals surface area contributed by atoms with E-state index in [2.05, 4.69) is 0 Å². The van der Waals surface area contributed by atoms with Crippen LogP contribution in [0.2, 0.25) is 0 Å². The fourth-order valence-electron chi connectivity index (χ4n) is 2.82. The number of hydrogen-bond acceptors (Lipinski definition) is 9. The molecule has 0 bridgehead atoms. The van der Waals surface area contributed by atoms with Gasteiger partial charge in [-0.25, -0.2) is 9.59 Å². The Kier molecular flexibility index (Phi) is 6.78. The number of carbonyl (C=O) groups is 2. The van der Waals surface area contributed by atoms with E-state index >= 15 is 0 Å². The van der Waals surface area contributed by atoms with Crippen LogP contribution in [0.1, 0.15) is 27.1 Å². The molecule has 2 aromatic carbocycles. The summed E-state index contributed by atoms with van der Waals surface area (Å²) >= 11 is 5.97. The average molecular weight is 451 g/mol. The molecule has 1 heterocycles. The van der Waals surface area contributed by atoms with Crippen molar-refractivity contribution in [1.82, 2.24) is 0 Å². The average Bonchev–Trinajstić information content (AvgIpc) is 3.10. The molecule has 0 aromatic heterocycles. The molecular weight excluding hydrogens is 436 g/mol. The van der Waals surface area contributed by atoms with E-state index in [0.717, 1.165) is 0 Å². The summed E-state index contributed by atoms with van der Waals surface area (Å²) in [5, 5.41) is 21.4. The molecule has 0 aliphatic carbocycles. The van der Waals surface area contributed by atoms with E-state index in [4.69, 9.17) is 25.8 Å². The highest BCUT2D eigenvalue weighted by atomic mass is 35.5. The van der Waals surface area contributed by atoms with Gasteiger partial charge in [0.15, 0.2) is 0 Å². The number of nitro groups is 2. The molecule has 12 heteroatoms. The second-order valence-corrected chi connectivity index (χ2v) is 6.96.